The summed E-state index contributed by atoms with van der Waals surface area (Å²) in [6, 6.07) is -0.419. The number of hydrogen-bond acceptors (Lipinski definition) is 5. The third kappa shape index (κ3) is 3.41. The van der Waals surface area contributed by atoms with Gasteiger partial charge >= 0.3 is 0 Å². The van der Waals surface area contributed by atoms with E-state index in [1.165, 1.54) is 6.42 Å². The number of aliphatic hydroxyl groups is 1. The Kier molecular flexibility index (Phi) is 6.19. The molecule has 162 valence electrons. The number of nitrogens with one attached hydrogen (secondary N) is 2. The van der Waals surface area contributed by atoms with E-state index in [4.69, 9.17) is 0 Å². The highest BCUT2D eigenvalue weighted by molar-refractivity contribution is 9.09. The number of amides is 3. The Morgan fingerprint density at radius 2 is 2.00 bits per heavy atom. The lowest BCUT2D eigenvalue weighted by Gasteiger charge is -2.36. The summed E-state index contributed by atoms with van der Waals surface area (Å²) in [6.45, 7) is 0.309. The second-order valence-electron chi connectivity index (χ2n) is 8.73. The molecule has 1 aliphatic carbocycles. The third-order valence-corrected chi connectivity index (χ3v) is 10.3. The predicted molar refractivity (Wildman–Crippen MR) is 115 cm³/mol. The zero-order valence-electron chi connectivity index (χ0n) is 16.7. The first kappa shape index (κ1) is 21.4. The van der Waals surface area contributed by atoms with Crippen LogP contribution >= 0.6 is 27.7 Å². The molecule has 0 aromatic carbocycles. The molecular formula is C20H30BrN3O4S. The summed E-state index contributed by atoms with van der Waals surface area (Å²) in [4.78, 5) is 41.4. The highest BCUT2D eigenvalue weighted by atomic mass is 79.9. The van der Waals surface area contributed by atoms with Crippen molar-refractivity contribution in [3.63, 3.8) is 0 Å². The largest absolute Gasteiger partial charge is 0.396 e. The SMILES string of the molecule is CNC(=O)[C@H]1[C@@H]2SC3(CC2Br)C(C(=O)NC2CCCCC2)N(CCCO)C(=O)[C@H]13. The lowest BCUT2D eigenvalue weighted by atomic mass is 9.70. The summed E-state index contributed by atoms with van der Waals surface area (Å²) < 4.78 is -0.582. The summed E-state index contributed by atoms with van der Waals surface area (Å²) in [6.07, 6.45) is 6.54. The van der Waals surface area contributed by atoms with Crippen LogP contribution in [0.25, 0.3) is 0 Å². The fourth-order valence-corrected chi connectivity index (χ4v) is 9.52. The summed E-state index contributed by atoms with van der Waals surface area (Å²) >= 11 is 5.39. The van der Waals surface area contributed by atoms with Crippen LogP contribution < -0.4 is 10.6 Å². The molecule has 3 saturated heterocycles. The average molecular weight is 488 g/mol. The van der Waals surface area contributed by atoms with Crippen molar-refractivity contribution in [1.82, 2.24) is 15.5 Å². The van der Waals surface area contributed by atoms with Gasteiger partial charge in [0, 0.05) is 36.3 Å². The minimum Gasteiger partial charge on any atom is -0.396 e. The van der Waals surface area contributed by atoms with Gasteiger partial charge in [0.05, 0.1) is 16.6 Å². The Hall–Kier alpha value is -0.800. The van der Waals surface area contributed by atoms with Gasteiger partial charge in [0.1, 0.15) is 6.04 Å². The van der Waals surface area contributed by atoms with Gasteiger partial charge in [-0.25, -0.2) is 0 Å². The van der Waals surface area contributed by atoms with Crippen LogP contribution in [0.1, 0.15) is 44.9 Å². The molecule has 7 nitrogen and oxygen atoms in total. The molecule has 4 fully saturated rings. The molecule has 3 N–H and O–H groups in total. The fourth-order valence-electron chi connectivity index (χ4n) is 5.90. The van der Waals surface area contributed by atoms with Gasteiger partial charge in [-0.3, -0.25) is 14.4 Å². The molecule has 9 heteroatoms. The Labute approximate surface area is 184 Å². The molecule has 2 bridgehead atoms. The number of carbonyl (C=O) groups excluding carboxylic acids is 3. The van der Waals surface area contributed by atoms with Crippen molar-refractivity contribution >= 4 is 45.4 Å². The van der Waals surface area contributed by atoms with Crippen molar-refractivity contribution in [2.24, 2.45) is 11.8 Å². The van der Waals surface area contributed by atoms with E-state index in [0.29, 0.717) is 19.4 Å². The third-order valence-electron chi connectivity index (χ3n) is 7.10. The van der Waals surface area contributed by atoms with Crippen molar-refractivity contribution in [3.05, 3.63) is 0 Å². The van der Waals surface area contributed by atoms with Gasteiger partial charge in [-0.1, -0.05) is 35.2 Å². The lowest BCUT2D eigenvalue weighted by Crippen LogP contribution is -2.56. The molecule has 0 radical (unpaired) electrons. The van der Waals surface area contributed by atoms with E-state index in [1.54, 1.807) is 23.7 Å². The van der Waals surface area contributed by atoms with E-state index in [9.17, 15) is 19.5 Å². The summed E-state index contributed by atoms with van der Waals surface area (Å²) in [7, 11) is 1.60. The van der Waals surface area contributed by atoms with Crippen LogP contribution in [0.4, 0.5) is 0 Å². The van der Waals surface area contributed by atoms with Crippen molar-refractivity contribution in [3.8, 4) is 0 Å². The number of hydrogen-bond donors (Lipinski definition) is 3. The standard InChI is InChI=1S/C20H30BrN3O4S/c1-22-17(26)13-14-19(28)24(8-5-9-25)16(20(14)10-12(21)15(13)29-20)18(27)23-11-6-3-2-4-7-11/h11-16,25H,2-10H2,1H3,(H,22,26)(H,23,27)/t12?,13-,14+,15-,16?,20?/m1/s1. The Bertz CT molecular complexity index is 689. The van der Waals surface area contributed by atoms with Gasteiger partial charge in [0.2, 0.25) is 17.7 Å². The Morgan fingerprint density at radius 3 is 2.66 bits per heavy atom. The van der Waals surface area contributed by atoms with Gasteiger partial charge in [-0.05, 0) is 25.7 Å². The van der Waals surface area contributed by atoms with Crippen LogP contribution in [0.15, 0.2) is 0 Å². The molecule has 3 aliphatic heterocycles. The maximum atomic E-state index is 13.5. The topological polar surface area (TPSA) is 98.7 Å². The van der Waals surface area contributed by atoms with Gasteiger partial charge in [-0.15, -0.1) is 11.8 Å². The molecule has 3 heterocycles. The number of nitrogens with zero attached hydrogens (tertiary/aromatic N) is 1. The number of aliphatic hydroxyl groups excluding tert-OH is 1. The van der Waals surface area contributed by atoms with Gasteiger partial charge < -0.3 is 20.6 Å². The van der Waals surface area contributed by atoms with Crippen LogP contribution in [-0.2, 0) is 14.4 Å². The minimum atomic E-state index is -0.585. The smallest absolute Gasteiger partial charge is 0.244 e. The van der Waals surface area contributed by atoms with Crippen LogP contribution in [-0.4, -0.2) is 74.8 Å². The molecule has 1 saturated carbocycles. The zero-order valence-corrected chi connectivity index (χ0v) is 19.1. The van der Waals surface area contributed by atoms with E-state index in [2.05, 4.69) is 26.6 Å². The van der Waals surface area contributed by atoms with E-state index in [1.807, 2.05) is 0 Å². The molecule has 1 spiro atoms. The number of halogens is 1. The zero-order chi connectivity index (χ0) is 20.8. The van der Waals surface area contributed by atoms with Gasteiger partial charge in [-0.2, -0.15) is 0 Å². The molecular weight excluding hydrogens is 458 g/mol. The molecule has 4 rings (SSSR count). The first-order chi connectivity index (χ1) is 13.9. The quantitative estimate of drug-likeness (QED) is 0.486. The predicted octanol–water partition coefficient (Wildman–Crippen LogP) is 1.03. The van der Waals surface area contributed by atoms with Gasteiger partial charge in [0.15, 0.2) is 0 Å². The average Bonchev–Trinajstić information content (AvgIpc) is 3.30. The van der Waals surface area contributed by atoms with Crippen molar-refractivity contribution in [1.29, 1.82) is 0 Å². The van der Waals surface area contributed by atoms with Crippen LogP contribution in [0.3, 0.4) is 0 Å². The lowest BCUT2D eigenvalue weighted by molar-refractivity contribution is -0.140. The molecule has 0 aromatic rings. The number of rotatable bonds is 6. The summed E-state index contributed by atoms with van der Waals surface area (Å²) in [5.74, 6) is -1.23. The van der Waals surface area contributed by atoms with Gasteiger partial charge in [0.25, 0.3) is 0 Å². The number of alkyl halides is 1. The van der Waals surface area contributed by atoms with Crippen LogP contribution in [0, 0.1) is 11.8 Å². The minimum absolute atomic E-state index is 0.00567. The summed E-state index contributed by atoms with van der Waals surface area (Å²) in [5.41, 5.74) is 0. The van der Waals surface area contributed by atoms with Crippen molar-refractivity contribution < 1.29 is 19.5 Å². The van der Waals surface area contributed by atoms with E-state index in [0.717, 1.165) is 25.7 Å². The first-order valence-electron chi connectivity index (χ1n) is 10.7. The van der Waals surface area contributed by atoms with E-state index in [-0.39, 0.29) is 40.4 Å². The Balaban J connectivity index is 1.66. The van der Waals surface area contributed by atoms with Crippen LogP contribution in [0.2, 0.25) is 0 Å². The molecule has 6 atom stereocenters. The van der Waals surface area contributed by atoms with Crippen LogP contribution in [0.5, 0.6) is 0 Å². The van der Waals surface area contributed by atoms with Crippen molar-refractivity contribution in [2.75, 3.05) is 20.2 Å². The molecule has 29 heavy (non-hydrogen) atoms. The summed E-state index contributed by atoms with van der Waals surface area (Å²) in [5, 5.41) is 15.3. The molecule has 3 unspecified atom stereocenters. The number of carbonyl (C=O) groups is 3. The highest BCUT2D eigenvalue weighted by Crippen LogP contribution is 2.67. The van der Waals surface area contributed by atoms with E-state index < -0.39 is 22.6 Å². The second kappa shape index (κ2) is 8.38. The van der Waals surface area contributed by atoms with E-state index >= 15 is 0 Å². The Morgan fingerprint density at radius 1 is 1.28 bits per heavy atom. The number of fused-ring (bicyclic) bond motifs is 1. The molecule has 0 aromatic heterocycles. The first-order valence-corrected chi connectivity index (χ1v) is 12.5. The maximum absolute atomic E-state index is 13.5. The maximum Gasteiger partial charge on any atom is 0.244 e. The molecule has 3 amide bonds. The normalized spacial score (nSPS) is 38.9. The number of likely N-dealkylation sites (tertiary alicyclic amines) is 1. The highest BCUT2D eigenvalue weighted by Gasteiger charge is 2.75. The van der Waals surface area contributed by atoms with Crippen molar-refractivity contribution in [2.45, 2.75) is 71.9 Å². The number of thioether (sulfide) groups is 1. The fraction of sp³-hybridized carbons (Fsp3) is 0.850. The monoisotopic (exact) mass is 487 g/mol. The second-order valence-corrected chi connectivity index (χ2v) is 11.4. The molecule has 4 aliphatic rings.